The quantitative estimate of drug-likeness (QED) is 0.584. The summed E-state index contributed by atoms with van der Waals surface area (Å²) in [4.78, 5) is 19.8. The van der Waals surface area contributed by atoms with E-state index in [2.05, 4.69) is 34.1 Å². The van der Waals surface area contributed by atoms with Gasteiger partial charge in [-0.25, -0.2) is 9.67 Å². The summed E-state index contributed by atoms with van der Waals surface area (Å²) in [5, 5.41) is 8.26. The second-order valence-corrected chi connectivity index (χ2v) is 8.35. The molecular weight excluding hydrogens is 406 g/mol. The highest BCUT2D eigenvalue weighted by Gasteiger charge is 2.15. The lowest BCUT2D eigenvalue weighted by Crippen LogP contribution is -2.38. The minimum absolute atomic E-state index is 0.146. The number of carbonyl (C=O) groups excluding carboxylic acids is 1. The lowest BCUT2D eigenvalue weighted by molar-refractivity contribution is 0.0322. The molecule has 2 aromatic heterocycles. The fourth-order valence-corrected chi connectivity index (χ4v) is 3.81. The Balaban J connectivity index is 1.34. The third-order valence-electron chi connectivity index (χ3n) is 5.62. The van der Waals surface area contributed by atoms with Gasteiger partial charge in [0, 0.05) is 37.6 Å². The summed E-state index contributed by atoms with van der Waals surface area (Å²) in [7, 11) is 0. The second kappa shape index (κ2) is 10.1. The zero-order valence-electron chi connectivity index (χ0n) is 19.0. The predicted octanol–water partition coefficient (Wildman–Crippen LogP) is 2.96. The molecule has 4 rings (SSSR count). The second-order valence-electron chi connectivity index (χ2n) is 8.35. The molecule has 0 atom stereocenters. The minimum Gasteiger partial charge on any atom is -0.492 e. The Morgan fingerprint density at radius 1 is 1.25 bits per heavy atom. The molecule has 0 bridgehead atoms. The molecule has 32 heavy (non-hydrogen) atoms. The summed E-state index contributed by atoms with van der Waals surface area (Å²) < 4.78 is 13.2. The van der Waals surface area contributed by atoms with Crippen molar-refractivity contribution in [2.45, 2.75) is 33.4 Å². The Morgan fingerprint density at radius 2 is 2.06 bits per heavy atom. The fraction of sp³-hybridized carbons (Fsp3) is 0.458. The van der Waals surface area contributed by atoms with E-state index in [0.717, 1.165) is 55.2 Å². The molecule has 0 spiro atoms. The molecule has 1 fully saturated rings. The number of ether oxygens (including phenoxy) is 2. The predicted molar refractivity (Wildman–Crippen MR) is 123 cm³/mol. The van der Waals surface area contributed by atoms with Crippen LogP contribution < -0.4 is 10.1 Å². The van der Waals surface area contributed by atoms with Gasteiger partial charge in [-0.3, -0.25) is 9.69 Å². The highest BCUT2D eigenvalue weighted by molar-refractivity contribution is 5.98. The van der Waals surface area contributed by atoms with Crippen molar-refractivity contribution in [2.75, 3.05) is 39.5 Å². The Morgan fingerprint density at radius 3 is 2.84 bits per heavy atom. The molecule has 1 amide bonds. The summed E-state index contributed by atoms with van der Waals surface area (Å²) >= 11 is 0. The minimum atomic E-state index is -0.146. The summed E-state index contributed by atoms with van der Waals surface area (Å²) in [5.41, 5.74) is 3.05. The van der Waals surface area contributed by atoms with Crippen LogP contribution in [-0.4, -0.2) is 65.0 Å². The molecule has 0 unspecified atom stereocenters. The van der Waals surface area contributed by atoms with Crippen molar-refractivity contribution in [1.82, 2.24) is 25.0 Å². The normalized spacial score (nSPS) is 14.8. The van der Waals surface area contributed by atoms with E-state index in [0.29, 0.717) is 24.4 Å². The molecule has 1 aliphatic rings. The Hall–Kier alpha value is -2.97. The van der Waals surface area contributed by atoms with Gasteiger partial charge in [0.25, 0.3) is 5.91 Å². The number of pyridine rings is 1. The van der Waals surface area contributed by atoms with Crippen LogP contribution in [0.5, 0.6) is 5.75 Å². The topological polar surface area (TPSA) is 81.5 Å². The third-order valence-corrected chi connectivity index (χ3v) is 5.62. The Labute approximate surface area is 188 Å². The summed E-state index contributed by atoms with van der Waals surface area (Å²) in [6.45, 7) is 11.4. The lowest BCUT2D eigenvalue weighted by atomic mass is 10.1. The monoisotopic (exact) mass is 437 g/mol. The molecular formula is C24H31N5O3. The van der Waals surface area contributed by atoms with Crippen LogP contribution in [0.4, 0.5) is 0 Å². The van der Waals surface area contributed by atoms with Crippen molar-refractivity contribution in [3.05, 3.63) is 53.3 Å². The molecule has 170 valence electrons. The number of nitrogens with zero attached hydrogens (tertiary/aromatic N) is 4. The van der Waals surface area contributed by atoms with Crippen LogP contribution in [0.1, 0.15) is 41.5 Å². The maximum Gasteiger partial charge on any atom is 0.253 e. The maximum atomic E-state index is 12.8. The van der Waals surface area contributed by atoms with Crippen molar-refractivity contribution in [1.29, 1.82) is 0 Å². The van der Waals surface area contributed by atoms with Gasteiger partial charge in [-0.05, 0) is 44.5 Å². The van der Waals surface area contributed by atoms with E-state index >= 15 is 0 Å². The van der Waals surface area contributed by atoms with Crippen molar-refractivity contribution in [2.24, 2.45) is 0 Å². The van der Waals surface area contributed by atoms with Gasteiger partial charge in [0.2, 0.25) is 0 Å². The third kappa shape index (κ3) is 5.26. The maximum absolute atomic E-state index is 12.8. The fourth-order valence-electron chi connectivity index (χ4n) is 3.81. The average molecular weight is 438 g/mol. The smallest absolute Gasteiger partial charge is 0.253 e. The van der Waals surface area contributed by atoms with Crippen molar-refractivity contribution in [3.8, 4) is 5.75 Å². The molecule has 3 aromatic rings. The van der Waals surface area contributed by atoms with Crippen LogP contribution in [0, 0.1) is 6.92 Å². The molecule has 1 aromatic carbocycles. The van der Waals surface area contributed by atoms with Crippen molar-refractivity contribution < 1.29 is 14.3 Å². The van der Waals surface area contributed by atoms with E-state index in [1.165, 1.54) is 0 Å². The molecule has 0 aliphatic carbocycles. The zero-order valence-corrected chi connectivity index (χ0v) is 19.0. The molecule has 1 saturated heterocycles. The van der Waals surface area contributed by atoms with E-state index < -0.39 is 0 Å². The first kappa shape index (κ1) is 22.2. The number of nitrogens with one attached hydrogen (secondary N) is 1. The number of hydrogen-bond donors (Lipinski definition) is 1. The highest BCUT2D eigenvalue weighted by atomic mass is 16.5. The van der Waals surface area contributed by atoms with Gasteiger partial charge in [-0.1, -0.05) is 12.1 Å². The number of aryl methyl sites for hydroxylation is 1. The van der Waals surface area contributed by atoms with Gasteiger partial charge >= 0.3 is 0 Å². The number of morpholine rings is 1. The van der Waals surface area contributed by atoms with Crippen molar-refractivity contribution in [3.63, 3.8) is 0 Å². The molecule has 1 N–H and O–H groups in total. The Bertz CT molecular complexity index is 1070. The largest absolute Gasteiger partial charge is 0.492 e. The molecule has 1 aliphatic heterocycles. The standard InChI is InChI=1S/C24H31N5O3/c1-17(2)29-23-20(16-26-29)14-22(18(3)27-23)24(30)25-15-19-5-4-6-21(13-19)32-12-9-28-7-10-31-11-8-28/h4-6,13-14,16-17H,7-12,15H2,1-3H3,(H,25,30). The van der Waals surface area contributed by atoms with E-state index in [9.17, 15) is 4.79 Å². The van der Waals surface area contributed by atoms with Gasteiger partial charge in [-0.15, -0.1) is 0 Å². The number of aromatic nitrogens is 3. The Kier molecular flexibility index (Phi) is 7.02. The number of fused-ring (bicyclic) bond motifs is 1. The number of benzene rings is 1. The van der Waals surface area contributed by atoms with Crippen LogP contribution in [-0.2, 0) is 11.3 Å². The van der Waals surface area contributed by atoms with E-state index in [4.69, 9.17) is 9.47 Å². The molecule has 0 radical (unpaired) electrons. The van der Waals surface area contributed by atoms with Crippen LogP contribution in [0.3, 0.4) is 0 Å². The van der Waals surface area contributed by atoms with Gasteiger partial charge in [0.15, 0.2) is 5.65 Å². The molecule has 0 saturated carbocycles. The van der Waals surface area contributed by atoms with Gasteiger partial charge in [0.05, 0.1) is 30.7 Å². The molecule has 8 nitrogen and oxygen atoms in total. The SMILES string of the molecule is Cc1nc2c(cnn2C(C)C)cc1C(=O)NCc1cccc(OCCN2CCOCC2)c1. The first-order chi connectivity index (χ1) is 15.5. The number of hydrogen-bond acceptors (Lipinski definition) is 6. The van der Waals surface area contributed by atoms with Crippen LogP contribution in [0.2, 0.25) is 0 Å². The van der Waals surface area contributed by atoms with Crippen LogP contribution in [0.15, 0.2) is 36.5 Å². The first-order valence-corrected chi connectivity index (χ1v) is 11.2. The van der Waals surface area contributed by atoms with Gasteiger partial charge in [0.1, 0.15) is 12.4 Å². The lowest BCUT2D eigenvalue weighted by Gasteiger charge is -2.26. The van der Waals surface area contributed by atoms with Crippen LogP contribution >= 0.6 is 0 Å². The van der Waals surface area contributed by atoms with E-state index in [-0.39, 0.29) is 11.9 Å². The number of carbonyl (C=O) groups is 1. The van der Waals surface area contributed by atoms with E-state index in [1.54, 1.807) is 6.20 Å². The van der Waals surface area contributed by atoms with Crippen molar-refractivity contribution >= 4 is 16.9 Å². The summed E-state index contributed by atoms with van der Waals surface area (Å²) in [6.07, 6.45) is 1.76. The molecule has 3 heterocycles. The summed E-state index contributed by atoms with van der Waals surface area (Å²) in [6, 6.07) is 9.92. The number of amides is 1. The van der Waals surface area contributed by atoms with Gasteiger partial charge in [-0.2, -0.15) is 5.10 Å². The zero-order chi connectivity index (χ0) is 22.5. The van der Waals surface area contributed by atoms with E-state index in [1.807, 2.05) is 41.9 Å². The molecule has 8 heteroatoms. The first-order valence-electron chi connectivity index (χ1n) is 11.2. The van der Waals surface area contributed by atoms with Gasteiger partial charge < -0.3 is 14.8 Å². The average Bonchev–Trinajstić information content (AvgIpc) is 3.21. The highest BCUT2D eigenvalue weighted by Crippen LogP contribution is 2.19. The van der Waals surface area contributed by atoms with Crippen LogP contribution in [0.25, 0.3) is 11.0 Å². The number of rotatable bonds is 8. The summed E-state index contributed by atoms with van der Waals surface area (Å²) in [5.74, 6) is 0.665.